The SMILES string of the molecule is CSCC[C@H](NC(=O)[C@H](CC(C)C)NC(=O)CN1CCCNC(=O)CCC(=O)N[C@H](CCCN=C(N)N)C(=O)N[C@@H](Cc2ccccc2)C(=O)N[C@H](Cc2ccccc2)C1=O)C(N)=O. The third-order valence-corrected chi connectivity index (χ3v) is 10.8. The van der Waals surface area contributed by atoms with Crippen molar-refractivity contribution in [1.82, 2.24) is 36.8 Å². The van der Waals surface area contributed by atoms with Crippen LogP contribution in [-0.2, 0) is 51.2 Å². The van der Waals surface area contributed by atoms with Crippen LogP contribution in [0.1, 0.15) is 69.9 Å². The lowest BCUT2D eigenvalue weighted by Crippen LogP contribution is -2.59. The molecule has 1 heterocycles. The van der Waals surface area contributed by atoms with Gasteiger partial charge in [0.1, 0.15) is 30.2 Å². The fourth-order valence-corrected chi connectivity index (χ4v) is 7.37. The number of benzene rings is 2. The molecule has 0 aliphatic carbocycles. The Morgan fingerprint density at radius 1 is 0.797 bits per heavy atom. The lowest BCUT2D eigenvalue weighted by Gasteiger charge is -2.30. The summed E-state index contributed by atoms with van der Waals surface area (Å²) in [6.07, 6.45) is 2.49. The van der Waals surface area contributed by atoms with Crippen LogP contribution < -0.4 is 49.1 Å². The zero-order valence-corrected chi connectivity index (χ0v) is 37.8. The number of nitrogens with two attached hydrogens (primary N) is 3. The van der Waals surface area contributed by atoms with Crippen molar-refractivity contribution in [3.8, 4) is 0 Å². The Bertz CT molecular complexity index is 1900. The van der Waals surface area contributed by atoms with E-state index < -0.39 is 84.0 Å². The molecule has 0 bridgehead atoms. The van der Waals surface area contributed by atoms with E-state index in [-0.39, 0.29) is 76.5 Å². The molecule has 1 aliphatic rings. The second-order valence-corrected chi connectivity index (χ2v) is 17.0. The minimum absolute atomic E-state index is 0.00131. The summed E-state index contributed by atoms with van der Waals surface area (Å²) >= 11 is 1.48. The van der Waals surface area contributed by atoms with Crippen LogP contribution in [0.2, 0.25) is 0 Å². The molecule has 2 aromatic rings. The number of aliphatic imine (C=N–C) groups is 1. The molecule has 64 heavy (non-hydrogen) atoms. The molecule has 8 amide bonds. The van der Waals surface area contributed by atoms with Gasteiger partial charge in [-0.05, 0) is 61.2 Å². The van der Waals surface area contributed by atoms with Crippen molar-refractivity contribution >= 4 is 65.0 Å². The summed E-state index contributed by atoms with van der Waals surface area (Å²) in [5.74, 6) is -4.68. The van der Waals surface area contributed by atoms with Gasteiger partial charge in [-0.3, -0.25) is 43.3 Å². The molecule has 1 saturated heterocycles. The molecule has 350 valence electrons. The number of rotatable bonds is 19. The normalized spacial score (nSPS) is 19.1. The molecule has 0 radical (unpaired) electrons. The Morgan fingerprint density at radius 3 is 1.98 bits per heavy atom. The van der Waals surface area contributed by atoms with Gasteiger partial charge in [0.15, 0.2) is 5.96 Å². The Morgan fingerprint density at radius 2 is 1.39 bits per heavy atom. The number of amides is 8. The molecule has 3 rings (SSSR count). The zero-order valence-electron chi connectivity index (χ0n) is 36.9. The summed E-state index contributed by atoms with van der Waals surface area (Å²) in [4.78, 5) is 114. The van der Waals surface area contributed by atoms with Gasteiger partial charge in [-0.25, -0.2) is 0 Å². The maximum absolute atomic E-state index is 14.8. The second kappa shape index (κ2) is 27.8. The number of thioether (sulfide) groups is 1. The molecule has 0 saturated carbocycles. The number of carbonyl (C=O) groups is 8. The summed E-state index contributed by atoms with van der Waals surface area (Å²) in [5, 5.41) is 16.4. The molecule has 1 fully saturated rings. The molecule has 1 aliphatic heterocycles. The van der Waals surface area contributed by atoms with Crippen LogP contribution in [-0.4, -0.2) is 127 Å². The van der Waals surface area contributed by atoms with Crippen LogP contribution in [0, 0.1) is 5.92 Å². The van der Waals surface area contributed by atoms with Gasteiger partial charge in [0, 0.05) is 45.3 Å². The summed E-state index contributed by atoms with van der Waals surface area (Å²) in [6.45, 7) is 3.37. The van der Waals surface area contributed by atoms with Crippen molar-refractivity contribution in [3.05, 3.63) is 71.8 Å². The average molecular weight is 908 g/mol. The van der Waals surface area contributed by atoms with E-state index in [1.807, 2.05) is 20.1 Å². The van der Waals surface area contributed by atoms with Crippen LogP contribution in [0.25, 0.3) is 0 Å². The number of carbonyl (C=O) groups excluding carboxylic acids is 8. The molecule has 5 atom stereocenters. The van der Waals surface area contributed by atoms with E-state index in [1.54, 1.807) is 60.7 Å². The van der Waals surface area contributed by atoms with Gasteiger partial charge in [0.05, 0.1) is 6.54 Å². The van der Waals surface area contributed by atoms with Crippen LogP contribution in [0.15, 0.2) is 65.7 Å². The lowest BCUT2D eigenvalue weighted by atomic mass is 10.0. The van der Waals surface area contributed by atoms with Gasteiger partial charge in [0.2, 0.25) is 47.3 Å². The molecule has 0 unspecified atom stereocenters. The fourth-order valence-electron chi connectivity index (χ4n) is 6.90. The van der Waals surface area contributed by atoms with Crippen molar-refractivity contribution < 1.29 is 38.4 Å². The van der Waals surface area contributed by atoms with E-state index in [0.717, 1.165) is 0 Å². The smallest absolute Gasteiger partial charge is 0.245 e. The van der Waals surface area contributed by atoms with Gasteiger partial charge in [-0.2, -0.15) is 11.8 Å². The Labute approximate surface area is 379 Å². The van der Waals surface area contributed by atoms with E-state index in [4.69, 9.17) is 17.2 Å². The first-order valence-electron chi connectivity index (χ1n) is 21.5. The minimum atomic E-state index is -1.26. The van der Waals surface area contributed by atoms with Crippen LogP contribution >= 0.6 is 11.8 Å². The second-order valence-electron chi connectivity index (χ2n) is 16.0. The molecular formula is C44H65N11O8S. The Kier molecular flexibility index (Phi) is 22.6. The van der Waals surface area contributed by atoms with Crippen LogP contribution in [0.3, 0.4) is 0 Å². The minimum Gasteiger partial charge on any atom is -0.370 e. The zero-order chi connectivity index (χ0) is 47.0. The average Bonchev–Trinajstić information content (AvgIpc) is 3.25. The number of hydrogen-bond acceptors (Lipinski definition) is 10. The quantitative estimate of drug-likeness (QED) is 0.0486. The summed E-state index contributed by atoms with van der Waals surface area (Å²) in [7, 11) is 0. The predicted octanol–water partition coefficient (Wildman–Crippen LogP) is -0.637. The summed E-state index contributed by atoms with van der Waals surface area (Å²) in [5.41, 5.74) is 17.9. The first-order valence-corrected chi connectivity index (χ1v) is 22.9. The van der Waals surface area contributed by atoms with Crippen molar-refractivity contribution in [1.29, 1.82) is 0 Å². The topological polar surface area (TPSA) is 302 Å². The molecule has 0 aromatic heterocycles. The molecule has 20 heteroatoms. The largest absolute Gasteiger partial charge is 0.370 e. The number of hydrogen-bond donors (Lipinski definition) is 9. The van der Waals surface area contributed by atoms with Gasteiger partial charge in [-0.1, -0.05) is 74.5 Å². The standard InChI is InChI=1S/C44H65N11O8S/c1-28(2)24-33(41(61)52-31(39(45)59)19-23-64-3)51-38(58)27-55-22-11-21-48-36(56)17-18-37(57)50-32(16-10-20-49-44(46)47)40(60)53-34(25-29-12-6-4-7-13-29)42(62)54-35(43(55)63)26-30-14-8-5-9-15-30/h4-9,12-15,28,31-35H,10-11,16-27H2,1-3H3,(H2,45,59)(H,48,56)(H,50,57)(H,51,58)(H,52,61)(H,53,60)(H,54,62)(H4,46,47,49)/t31-,32+,33-,34-,35+/m0/s1. The maximum atomic E-state index is 14.8. The third kappa shape index (κ3) is 19.5. The van der Waals surface area contributed by atoms with Gasteiger partial charge < -0.3 is 54.0 Å². The van der Waals surface area contributed by atoms with E-state index >= 15 is 0 Å². The molecule has 2 aromatic carbocycles. The monoisotopic (exact) mass is 907 g/mol. The Hall–Kier alpha value is -6.18. The number of primary amides is 1. The van der Waals surface area contributed by atoms with E-state index in [2.05, 4.69) is 36.9 Å². The molecule has 0 spiro atoms. The maximum Gasteiger partial charge on any atom is 0.245 e. The summed E-state index contributed by atoms with van der Waals surface area (Å²) in [6, 6.07) is 12.2. The number of nitrogens with one attached hydrogen (secondary N) is 6. The van der Waals surface area contributed by atoms with E-state index in [0.29, 0.717) is 29.7 Å². The van der Waals surface area contributed by atoms with Crippen molar-refractivity contribution in [2.75, 3.05) is 38.2 Å². The van der Waals surface area contributed by atoms with Crippen molar-refractivity contribution in [2.24, 2.45) is 28.1 Å². The predicted molar refractivity (Wildman–Crippen MR) is 245 cm³/mol. The molecular weight excluding hydrogens is 843 g/mol. The highest BCUT2D eigenvalue weighted by molar-refractivity contribution is 7.98. The van der Waals surface area contributed by atoms with Gasteiger partial charge in [-0.15, -0.1) is 0 Å². The molecule has 19 nitrogen and oxygen atoms in total. The fraction of sp³-hybridized carbons (Fsp3) is 0.523. The highest BCUT2D eigenvalue weighted by atomic mass is 32.2. The lowest BCUT2D eigenvalue weighted by molar-refractivity contribution is -0.141. The highest BCUT2D eigenvalue weighted by Gasteiger charge is 2.34. The molecule has 12 N–H and O–H groups in total. The van der Waals surface area contributed by atoms with E-state index in [1.165, 1.54) is 16.7 Å². The van der Waals surface area contributed by atoms with Crippen LogP contribution in [0.5, 0.6) is 0 Å². The summed E-state index contributed by atoms with van der Waals surface area (Å²) < 4.78 is 0. The number of nitrogens with zero attached hydrogens (tertiary/aromatic N) is 2. The van der Waals surface area contributed by atoms with Crippen LogP contribution in [0.4, 0.5) is 0 Å². The van der Waals surface area contributed by atoms with Gasteiger partial charge in [0.25, 0.3) is 0 Å². The first kappa shape index (κ1) is 52.2. The van der Waals surface area contributed by atoms with Crippen molar-refractivity contribution in [2.45, 2.75) is 102 Å². The third-order valence-electron chi connectivity index (χ3n) is 10.2. The van der Waals surface area contributed by atoms with E-state index in [9.17, 15) is 38.4 Å². The highest BCUT2D eigenvalue weighted by Crippen LogP contribution is 2.12. The first-order chi connectivity index (χ1) is 30.6. The number of guanidine groups is 1. The Balaban J connectivity index is 2.02. The van der Waals surface area contributed by atoms with Gasteiger partial charge >= 0.3 is 0 Å². The van der Waals surface area contributed by atoms with Crippen molar-refractivity contribution in [3.63, 3.8) is 0 Å².